The minimum atomic E-state index is -0.773. The van der Waals surface area contributed by atoms with E-state index in [0.717, 1.165) is 12.8 Å². The maximum Gasteiger partial charge on any atom is 0.340 e. The van der Waals surface area contributed by atoms with Gasteiger partial charge in [0.15, 0.2) is 17.6 Å². The fourth-order valence-electron chi connectivity index (χ4n) is 3.54. The Balaban J connectivity index is 1.78. The molecule has 1 amide bonds. The SMILES string of the molecule is COC(=O)c1cc(OC)c(OC)cc1NC(=O)[C@H](C)Oc1ccc2c(c1)CCCC2. The highest BCUT2D eigenvalue weighted by molar-refractivity contribution is 6.03. The molecule has 7 heteroatoms. The molecule has 1 aliphatic carbocycles. The molecule has 160 valence electrons. The number of nitrogens with one attached hydrogen (secondary N) is 1. The number of rotatable bonds is 7. The third-order valence-corrected chi connectivity index (χ3v) is 5.19. The Labute approximate surface area is 176 Å². The van der Waals surface area contributed by atoms with Gasteiger partial charge in [0.05, 0.1) is 32.6 Å². The van der Waals surface area contributed by atoms with Crippen molar-refractivity contribution in [1.82, 2.24) is 0 Å². The molecule has 1 atom stereocenters. The Morgan fingerprint density at radius 3 is 2.27 bits per heavy atom. The number of hydrogen-bond donors (Lipinski definition) is 1. The first-order valence-electron chi connectivity index (χ1n) is 9.90. The molecule has 0 saturated heterocycles. The highest BCUT2D eigenvalue weighted by Crippen LogP contribution is 2.34. The lowest BCUT2D eigenvalue weighted by Gasteiger charge is -2.20. The lowest BCUT2D eigenvalue weighted by Crippen LogP contribution is -2.31. The number of carbonyl (C=O) groups is 2. The fourth-order valence-corrected chi connectivity index (χ4v) is 3.54. The zero-order valence-corrected chi connectivity index (χ0v) is 17.7. The van der Waals surface area contributed by atoms with Crippen LogP contribution in [0.2, 0.25) is 0 Å². The summed E-state index contributed by atoms with van der Waals surface area (Å²) in [7, 11) is 4.21. The maximum atomic E-state index is 12.8. The molecule has 1 N–H and O–H groups in total. The summed E-state index contributed by atoms with van der Waals surface area (Å²) in [5, 5.41) is 2.73. The average molecular weight is 413 g/mol. The summed E-state index contributed by atoms with van der Waals surface area (Å²) in [5.74, 6) is 0.386. The number of anilines is 1. The molecule has 2 aromatic carbocycles. The smallest absolute Gasteiger partial charge is 0.340 e. The van der Waals surface area contributed by atoms with Crippen molar-refractivity contribution in [3.05, 3.63) is 47.0 Å². The fraction of sp³-hybridized carbons (Fsp3) is 0.391. The predicted molar refractivity (Wildman–Crippen MR) is 113 cm³/mol. The van der Waals surface area contributed by atoms with Gasteiger partial charge in [0, 0.05) is 12.1 Å². The third kappa shape index (κ3) is 4.67. The quantitative estimate of drug-likeness (QED) is 0.696. The second-order valence-corrected chi connectivity index (χ2v) is 7.13. The maximum absolute atomic E-state index is 12.8. The zero-order valence-electron chi connectivity index (χ0n) is 17.7. The number of carbonyl (C=O) groups excluding carboxylic acids is 2. The molecule has 0 fully saturated rings. The summed E-state index contributed by atoms with van der Waals surface area (Å²) in [5.41, 5.74) is 3.04. The molecule has 0 spiro atoms. The van der Waals surface area contributed by atoms with E-state index in [1.165, 1.54) is 57.4 Å². The van der Waals surface area contributed by atoms with Gasteiger partial charge in [-0.15, -0.1) is 0 Å². The lowest BCUT2D eigenvalue weighted by atomic mass is 9.92. The van der Waals surface area contributed by atoms with Crippen molar-refractivity contribution in [1.29, 1.82) is 0 Å². The number of esters is 1. The molecule has 3 rings (SSSR count). The zero-order chi connectivity index (χ0) is 21.7. The van der Waals surface area contributed by atoms with Gasteiger partial charge < -0.3 is 24.3 Å². The standard InChI is InChI=1S/C23H27NO6/c1-14(30-17-10-9-15-7-5-6-8-16(15)11-17)22(25)24-19-13-21(28-3)20(27-2)12-18(19)23(26)29-4/h9-14H,5-8H2,1-4H3,(H,24,25)/t14-/m0/s1. The second kappa shape index (κ2) is 9.52. The highest BCUT2D eigenvalue weighted by atomic mass is 16.5. The van der Waals surface area contributed by atoms with E-state index < -0.39 is 18.0 Å². The molecule has 0 aromatic heterocycles. The van der Waals surface area contributed by atoms with Gasteiger partial charge in [-0.25, -0.2) is 4.79 Å². The average Bonchev–Trinajstić information content (AvgIpc) is 2.77. The summed E-state index contributed by atoms with van der Waals surface area (Å²) in [6.07, 6.45) is 3.72. The Bertz CT molecular complexity index is 940. The molecule has 0 heterocycles. The van der Waals surface area contributed by atoms with E-state index in [1.807, 2.05) is 12.1 Å². The van der Waals surface area contributed by atoms with Crippen molar-refractivity contribution >= 4 is 17.6 Å². The van der Waals surface area contributed by atoms with Crippen molar-refractivity contribution in [3.63, 3.8) is 0 Å². The minimum absolute atomic E-state index is 0.157. The molecule has 30 heavy (non-hydrogen) atoms. The number of benzene rings is 2. The molecule has 7 nitrogen and oxygen atoms in total. The topological polar surface area (TPSA) is 83.1 Å². The van der Waals surface area contributed by atoms with Crippen LogP contribution < -0.4 is 19.5 Å². The van der Waals surface area contributed by atoms with Crippen LogP contribution in [0.3, 0.4) is 0 Å². The predicted octanol–water partition coefficient (Wildman–Crippen LogP) is 3.78. The van der Waals surface area contributed by atoms with E-state index in [0.29, 0.717) is 17.2 Å². The number of aryl methyl sites for hydroxylation is 2. The van der Waals surface area contributed by atoms with E-state index in [1.54, 1.807) is 6.92 Å². The van der Waals surface area contributed by atoms with Gasteiger partial charge in [0.2, 0.25) is 0 Å². The summed E-state index contributed by atoms with van der Waals surface area (Å²) in [6.45, 7) is 1.66. The molecule has 0 saturated carbocycles. The first-order chi connectivity index (χ1) is 14.5. The highest BCUT2D eigenvalue weighted by Gasteiger charge is 2.22. The molecule has 0 radical (unpaired) electrons. The van der Waals surface area contributed by atoms with Crippen LogP contribution in [0.1, 0.15) is 41.3 Å². The number of ether oxygens (including phenoxy) is 4. The van der Waals surface area contributed by atoms with E-state index >= 15 is 0 Å². The van der Waals surface area contributed by atoms with E-state index in [-0.39, 0.29) is 11.3 Å². The van der Waals surface area contributed by atoms with Crippen molar-refractivity contribution in [2.45, 2.75) is 38.7 Å². The molecule has 0 unspecified atom stereocenters. The molecular weight excluding hydrogens is 386 g/mol. The van der Waals surface area contributed by atoms with Crippen LogP contribution in [0.4, 0.5) is 5.69 Å². The van der Waals surface area contributed by atoms with Crippen LogP contribution in [0.15, 0.2) is 30.3 Å². The van der Waals surface area contributed by atoms with E-state index in [9.17, 15) is 9.59 Å². The van der Waals surface area contributed by atoms with Crippen molar-refractivity contribution in [2.24, 2.45) is 0 Å². The van der Waals surface area contributed by atoms with Crippen LogP contribution >= 0.6 is 0 Å². The van der Waals surface area contributed by atoms with Gasteiger partial charge in [-0.2, -0.15) is 0 Å². The van der Waals surface area contributed by atoms with Gasteiger partial charge >= 0.3 is 5.97 Å². The number of methoxy groups -OCH3 is 3. The van der Waals surface area contributed by atoms with Gasteiger partial charge in [0.25, 0.3) is 5.91 Å². The van der Waals surface area contributed by atoms with Crippen molar-refractivity contribution in [3.8, 4) is 17.2 Å². The summed E-state index contributed by atoms with van der Waals surface area (Å²) in [6, 6.07) is 8.96. The summed E-state index contributed by atoms with van der Waals surface area (Å²) >= 11 is 0. The Kier molecular flexibility index (Phi) is 6.82. The van der Waals surface area contributed by atoms with Crippen molar-refractivity contribution < 1.29 is 28.5 Å². The monoisotopic (exact) mass is 413 g/mol. The normalized spacial score (nSPS) is 13.6. The third-order valence-electron chi connectivity index (χ3n) is 5.19. The van der Waals surface area contributed by atoms with Gasteiger partial charge in [-0.1, -0.05) is 6.07 Å². The Hall–Kier alpha value is -3.22. The molecule has 0 bridgehead atoms. The van der Waals surface area contributed by atoms with Crippen LogP contribution in [0.5, 0.6) is 17.2 Å². The first-order valence-corrected chi connectivity index (χ1v) is 9.90. The summed E-state index contributed by atoms with van der Waals surface area (Å²) in [4.78, 5) is 24.9. The Morgan fingerprint density at radius 2 is 1.60 bits per heavy atom. The van der Waals surface area contributed by atoms with Gasteiger partial charge in [-0.05, 0) is 55.9 Å². The van der Waals surface area contributed by atoms with E-state index in [4.69, 9.17) is 18.9 Å². The number of amides is 1. The van der Waals surface area contributed by atoms with Crippen molar-refractivity contribution in [2.75, 3.05) is 26.6 Å². The van der Waals surface area contributed by atoms with E-state index in [2.05, 4.69) is 11.4 Å². The van der Waals surface area contributed by atoms with Gasteiger partial charge in [-0.3, -0.25) is 4.79 Å². The minimum Gasteiger partial charge on any atom is -0.493 e. The van der Waals surface area contributed by atoms with Crippen LogP contribution in [-0.4, -0.2) is 39.3 Å². The van der Waals surface area contributed by atoms with Gasteiger partial charge in [0.1, 0.15) is 5.75 Å². The number of hydrogen-bond acceptors (Lipinski definition) is 6. The first kappa shape index (κ1) is 21.5. The van der Waals surface area contributed by atoms with Crippen LogP contribution in [0, 0.1) is 0 Å². The summed E-state index contributed by atoms with van der Waals surface area (Å²) < 4.78 is 21.2. The second-order valence-electron chi connectivity index (χ2n) is 7.13. The Morgan fingerprint density at radius 1 is 0.933 bits per heavy atom. The molecule has 0 aliphatic heterocycles. The molecule has 2 aromatic rings. The largest absolute Gasteiger partial charge is 0.493 e. The lowest BCUT2D eigenvalue weighted by molar-refractivity contribution is -0.122. The molecular formula is C23H27NO6. The van der Waals surface area contributed by atoms with Crippen LogP contribution in [0.25, 0.3) is 0 Å². The number of fused-ring (bicyclic) bond motifs is 1. The van der Waals surface area contributed by atoms with Crippen LogP contribution in [-0.2, 0) is 22.4 Å². The molecule has 1 aliphatic rings.